The lowest BCUT2D eigenvalue weighted by molar-refractivity contribution is 0.113. The Labute approximate surface area is 111 Å². The van der Waals surface area contributed by atoms with Crippen molar-refractivity contribution in [2.75, 3.05) is 31.2 Å². The summed E-state index contributed by atoms with van der Waals surface area (Å²) in [6.07, 6.45) is 3.75. The molecule has 3 rings (SSSR count). The van der Waals surface area contributed by atoms with E-state index in [0.717, 1.165) is 25.9 Å². The molecule has 2 heterocycles. The Morgan fingerprint density at radius 2 is 2.06 bits per heavy atom. The van der Waals surface area contributed by atoms with Gasteiger partial charge >= 0.3 is 0 Å². The van der Waals surface area contributed by atoms with Crippen LogP contribution in [0.5, 0.6) is 5.88 Å². The molecular weight excluding hydrogens is 254 g/mol. The number of nitrogens with zero attached hydrogens (tertiary/aromatic N) is 3. The minimum Gasteiger partial charge on any atom is -0.474 e. The van der Waals surface area contributed by atoms with Crippen molar-refractivity contribution in [2.24, 2.45) is 0 Å². The Kier molecular flexibility index (Phi) is 3.52. The Balaban J connectivity index is 1.75. The summed E-state index contributed by atoms with van der Waals surface area (Å²) < 4.78 is 11.1. The predicted molar refractivity (Wildman–Crippen MR) is 68.3 cm³/mol. The summed E-state index contributed by atoms with van der Waals surface area (Å²) in [6, 6.07) is 1.68. The Morgan fingerprint density at radius 3 is 2.72 bits per heavy atom. The molecule has 98 valence electrons. The van der Waals surface area contributed by atoms with E-state index in [0.29, 0.717) is 36.3 Å². The minimum absolute atomic E-state index is 0.300. The molecule has 1 aliphatic heterocycles. The molecule has 1 aromatic rings. The molecule has 0 amide bonds. The van der Waals surface area contributed by atoms with Gasteiger partial charge in [-0.3, -0.25) is 0 Å². The fourth-order valence-corrected chi connectivity index (χ4v) is 2.18. The maximum Gasteiger partial charge on any atom is 0.230 e. The van der Waals surface area contributed by atoms with Crippen molar-refractivity contribution in [3.05, 3.63) is 11.2 Å². The van der Waals surface area contributed by atoms with E-state index in [9.17, 15) is 0 Å². The normalized spacial score (nSPS) is 20.6. The van der Waals surface area contributed by atoms with Crippen molar-refractivity contribution in [3.63, 3.8) is 0 Å². The highest BCUT2D eigenvalue weighted by Gasteiger charge is 2.21. The topological polar surface area (TPSA) is 47.5 Å². The number of rotatable bonds is 3. The molecule has 5 nitrogen and oxygen atoms in total. The van der Waals surface area contributed by atoms with Crippen molar-refractivity contribution in [1.82, 2.24) is 9.97 Å². The Bertz CT molecular complexity index is 420. The lowest BCUT2D eigenvalue weighted by Crippen LogP contribution is -2.37. The lowest BCUT2D eigenvalue weighted by Gasteiger charge is -2.28. The first-order valence-corrected chi connectivity index (χ1v) is 6.73. The van der Waals surface area contributed by atoms with E-state index in [-0.39, 0.29) is 0 Å². The number of ether oxygens (including phenoxy) is 2. The van der Waals surface area contributed by atoms with Gasteiger partial charge in [0.2, 0.25) is 11.8 Å². The number of hydrogen-bond donors (Lipinski definition) is 0. The van der Waals surface area contributed by atoms with Crippen LogP contribution >= 0.6 is 11.6 Å². The van der Waals surface area contributed by atoms with Gasteiger partial charge in [0.15, 0.2) is 0 Å². The fourth-order valence-electron chi connectivity index (χ4n) is 2.01. The maximum atomic E-state index is 6.02. The van der Waals surface area contributed by atoms with Crippen LogP contribution in [-0.4, -0.2) is 42.4 Å². The second-order valence-corrected chi connectivity index (χ2v) is 4.99. The quantitative estimate of drug-likeness (QED) is 0.785. The van der Waals surface area contributed by atoms with Crippen LogP contribution in [0.4, 0.5) is 5.95 Å². The van der Waals surface area contributed by atoms with Crippen LogP contribution in [0.1, 0.15) is 19.3 Å². The van der Waals surface area contributed by atoms with Gasteiger partial charge in [-0.25, -0.2) is 4.98 Å². The van der Waals surface area contributed by atoms with Crippen molar-refractivity contribution in [1.29, 1.82) is 0 Å². The third kappa shape index (κ3) is 2.67. The van der Waals surface area contributed by atoms with Crippen molar-refractivity contribution in [2.45, 2.75) is 25.4 Å². The Morgan fingerprint density at radius 1 is 1.28 bits per heavy atom. The van der Waals surface area contributed by atoms with E-state index in [2.05, 4.69) is 14.9 Å². The van der Waals surface area contributed by atoms with Gasteiger partial charge in [-0.2, -0.15) is 4.98 Å². The zero-order valence-electron chi connectivity index (χ0n) is 10.1. The molecule has 1 saturated heterocycles. The summed E-state index contributed by atoms with van der Waals surface area (Å²) >= 11 is 6.02. The maximum absolute atomic E-state index is 6.02. The molecule has 2 fully saturated rings. The number of anilines is 1. The molecule has 0 unspecified atom stereocenters. The van der Waals surface area contributed by atoms with E-state index in [4.69, 9.17) is 21.1 Å². The molecule has 0 aromatic carbocycles. The molecule has 18 heavy (non-hydrogen) atoms. The van der Waals surface area contributed by atoms with Gasteiger partial charge in [0, 0.05) is 19.2 Å². The molecule has 0 bridgehead atoms. The largest absolute Gasteiger partial charge is 0.474 e. The standard InChI is InChI=1S/C12H16ClN3O2/c13-10-8-11(18-9-2-1-3-9)15-12(14-10)16-4-6-17-7-5-16/h8-9H,1-7H2. The molecule has 0 N–H and O–H groups in total. The van der Waals surface area contributed by atoms with E-state index in [1.165, 1.54) is 6.42 Å². The number of halogens is 1. The van der Waals surface area contributed by atoms with Crippen molar-refractivity contribution in [3.8, 4) is 5.88 Å². The monoisotopic (exact) mass is 269 g/mol. The molecule has 1 saturated carbocycles. The first-order chi connectivity index (χ1) is 8.81. The third-order valence-electron chi connectivity index (χ3n) is 3.29. The zero-order valence-corrected chi connectivity index (χ0v) is 10.9. The van der Waals surface area contributed by atoms with Gasteiger partial charge in [-0.05, 0) is 19.3 Å². The van der Waals surface area contributed by atoms with E-state index >= 15 is 0 Å². The van der Waals surface area contributed by atoms with Crippen LogP contribution in [0.15, 0.2) is 6.07 Å². The lowest BCUT2D eigenvalue weighted by atomic mass is 9.96. The van der Waals surface area contributed by atoms with Crippen molar-refractivity contribution < 1.29 is 9.47 Å². The fraction of sp³-hybridized carbons (Fsp3) is 0.667. The van der Waals surface area contributed by atoms with Gasteiger partial charge in [0.25, 0.3) is 0 Å². The summed E-state index contributed by atoms with van der Waals surface area (Å²) in [5, 5.41) is 0.431. The van der Waals surface area contributed by atoms with Crippen LogP contribution in [0, 0.1) is 0 Å². The second-order valence-electron chi connectivity index (χ2n) is 4.60. The summed E-state index contributed by atoms with van der Waals surface area (Å²) in [6.45, 7) is 3.00. The van der Waals surface area contributed by atoms with Crippen LogP contribution in [0.3, 0.4) is 0 Å². The molecule has 0 atom stereocenters. The van der Waals surface area contributed by atoms with Gasteiger partial charge in [0.05, 0.1) is 13.2 Å². The highest BCUT2D eigenvalue weighted by Crippen LogP contribution is 2.26. The minimum atomic E-state index is 0.300. The predicted octanol–water partition coefficient (Wildman–Crippen LogP) is 1.90. The van der Waals surface area contributed by atoms with E-state index in [1.807, 2.05) is 0 Å². The van der Waals surface area contributed by atoms with E-state index < -0.39 is 0 Å². The van der Waals surface area contributed by atoms with E-state index in [1.54, 1.807) is 6.07 Å². The van der Waals surface area contributed by atoms with Crippen LogP contribution in [0.2, 0.25) is 5.15 Å². The average Bonchev–Trinajstić information content (AvgIpc) is 2.34. The molecule has 0 radical (unpaired) electrons. The zero-order chi connectivity index (χ0) is 12.4. The molecule has 0 spiro atoms. The summed E-state index contributed by atoms with van der Waals surface area (Å²) in [5.74, 6) is 1.22. The van der Waals surface area contributed by atoms with Crippen LogP contribution in [-0.2, 0) is 4.74 Å². The average molecular weight is 270 g/mol. The first-order valence-electron chi connectivity index (χ1n) is 6.35. The molecular formula is C12H16ClN3O2. The number of aromatic nitrogens is 2. The number of hydrogen-bond acceptors (Lipinski definition) is 5. The molecule has 2 aliphatic rings. The Hall–Kier alpha value is -1.07. The van der Waals surface area contributed by atoms with Crippen molar-refractivity contribution >= 4 is 17.5 Å². The molecule has 1 aromatic heterocycles. The SMILES string of the molecule is Clc1cc(OC2CCC2)nc(N2CCOCC2)n1. The number of morpholine rings is 1. The van der Waals surface area contributed by atoms with Crippen LogP contribution in [0.25, 0.3) is 0 Å². The van der Waals surface area contributed by atoms with Gasteiger partial charge in [-0.1, -0.05) is 11.6 Å². The van der Waals surface area contributed by atoms with Gasteiger partial charge in [-0.15, -0.1) is 0 Å². The smallest absolute Gasteiger partial charge is 0.230 e. The highest BCUT2D eigenvalue weighted by atomic mass is 35.5. The first kappa shape index (κ1) is 12.0. The molecule has 1 aliphatic carbocycles. The van der Waals surface area contributed by atoms with Gasteiger partial charge < -0.3 is 14.4 Å². The van der Waals surface area contributed by atoms with Crippen LogP contribution < -0.4 is 9.64 Å². The van der Waals surface area contributed by atoms with Gasteiger partial charge in [0.1, 0.15) is 11.3 Å². The summed E-state index contributed by atoms with van der Waals surface area (Å²) in [4.78, 5) is 10.8. The summed E-state index contributed by atoms with van der Waals surface area (Å²) in [7, 11) is 0. The summed E-state index contributed by atoms with van der Waals surface area (Å²) in [5.41, 5.74) is 0. The highest BCUT2D eigenvalue weighted by molar-refractivity contribution is 6.29. The second kappa shape index (κ2) is 5.28. The molecule has 6 heteroatoms. The third-order valence-corrected chi connectivity index (χ3v) is 3.49.